The van der Waals surface area contributed by atoms with Crippen LogP contribution < -0.4 is 4.74 Å². The molecule has 1 atom stereocenters. The predicted molar refractivity (Wildman–Crippen MR) is 192 cm³/mol. The van der Waals surface area contributed by atoms with Crippen LogP contribution in [0.2, 0.25) is 0 Å². The first kappa shape index (κ1) is 27.0. The number of allylic oxidation sites excluding steroid dienone is 4. The van der Waals surface area contributed by atoms with Crippen molar-refractivity contribution in [1.29, 1.82) is 0 Å². The van der Waals surface area contributed by atoms with E-state index in [-0.39, 0.29) is 0 Å². The molecule has 0 saturated heterocycles. The van der Waals surface area contributed by atoms with Gasteiger partial charge in [-0.1, -0.05) is 127 Å². The van der Waals surface area contributed by atoms with E-state index < -0.39 is 5.41 Å². The Morgan fingerprint density at radius 1 is 0.500 bits per heavy atom. The van der Waals surface area contributed by atoms with Gasteiger partial charge in [0, 0.05) is 22.3 Å². The van der Waals surface area contributed by atoms with Crippen LogP contribution in [-0.4, -0.2) is 15.0 Å². The van der Waals surface area contributed by atoms with Crippen LogP contribution in [0.5, 0.6) is 11.5 Å². The van der Waals surface area contributed by atoms with Gasteiger partial charge in [-0.05, 0) is 70.1 Å². The summed E-state index contributed by atoms with van der Waals surface area (Å²) in [5.74, 6) is 3.51. The lowest BCUT2D eigenvalue weighted by Gasteiger charge is -2.40. The minimum absolute atomic E-state index is 0.593. The van der Waals surface area contributed by atoms with Crippen molar-refractivity contribution in [2.45, 2.75) is 18.3 Å². The molecule has 6 aromatic carbocycles. The van der Waals surface area contributed by atoms with Crippen molar-refractivity contribution in [3.05, 3.63) is 180 Å². The molecule has 0 saturated carbocycles. The first-order valence-corrected chi connectivity index (χ1v) is 16.5. The second-order valence-electron chi connectivity index (χ2n) is 12.6. The van der Waals surface area contributed by atoms with Crippen molar-refractivity contribution in [1.82, 2.24) is 15.0 Å². The summed E-state index contributed by atoms with van der Waals surface area (Å²) in [7, 11) is 0. The number of aromatic nitrogens is 3. The Bertz CT molecular complexity index is 2500. The summed E-state index contributed by atoms with van der Waals surface area (Å²) >= 11 is 0. The van der Waals surface area contributed by atoms with Crippen molar-refractivity contribution >= 4 is 16.3 Å². The van der Waals surface area contributed by atoms with Gasteiger partial charge >= 0.3 is 0 Å². The molecule has 0 N–H and O–H groups in total. The van der Waals surface area contributed by atoms with Crippen LogP contribution in [0.3, 0.4) is 0 Å². The minimum Gasteiger partial charge on any atom is -0.456 e. The Morgan fingerprint density at radius 2 is 1.19 bits per heavy atom. The Hall–Kier alpha value is -6.13. The maximum Gasteiger partial charge on any atom is 0.167 e. The van der Waals surface area contributed by atoms with Crippen molar-refractivity contribution in [2.75, 3.05) is 0 Å². The number of hydrogen-bond donors (Lipinski definition) is 0. The Balaban J connectivity index is 1.28. The quantitative estimate of drug-likeness (QED) is 0.198. The first-order valence-electron chi connectivity index (χ1n) is 16.5. The molecule has 0 radical (unpaired) electrons. The van der Waals surface area contributed by atoms with E-state index in [0.717, 1.165) is 52.2 Å². The van der Waals surface area contributed by atoms with Gasteiger partial charge in [0.2, 0.25) is 0 Å². The fraction of sp³-hybridized carbons (Fsp3) is 0.0682. The maximum absolute atomic E-state index is 6.97. The number of benzene rings is 6. The Labute approximate surface area is 278 Å². The molecule has 0 amide bonds. The summed E-state index contributed by atoms with van der Waals surface area (Å²) in [5, 5.41) is 2.45. The van der Waals surface area contributed by atoms with Gasteiger partial charge in [0.1, 0.15) is 11.5 Å². The molecule has 1 aromatic heterocycles. The molecule has 1 unspecified atom stereocenters. The highest BCUT2D eigenvalue weighted by Gasteiger charge is 2.51. The molecule has 4 heteroatoms. The Kier molecular flexibility index (Phi) is 5.88. The summed E-state index contributed by atoms with van der Waals surface area (Å²) in [6.07, 6.45) is 8.51. The number of fused-ring (bicyclic) bond motifs is 10. The lowest BCUT2D eigenvalue weighted by Crippen LogP contribution is -2.32. The second-order valence-corrected chi connectivity index (χ2v) is 12.6. The van der Waals surface area contributed by atoms with Crippen LogP contribution in [0.15, 0.2) is 152 Å². The van der Waals surface area contributed by atoms with E-state index in [4.69, 9.17) is 19.7 Å². The van der Waals surface area contributed by atoms with E-state index in [1.54, 1.807) is 0 Å². The van der Waals surface area contributed by atoms with Crippen molar-refractivity contribution in [2.24, 2.45) is 0 Å². The molecule has 0 bridgehead atoms. The number of rotatable bonds is 3. The molecule has 2 aliphatic carbocycles. The molecule has 48 heavy (non-hydrogen) atoms. The SMILES string of the molecule is C1=CC(c2nc(-c3ccccc3)nc(-c3cccc4c3Oc3ccccc3C43c4ccccc4-c4cc5ccccc5cc43)n2)=CCC1. The largest absolute Gasteiger partial charge is 0.456 e. The molecular weight excluding hydrogens is 587 g/mol. The number of hydrogen-bond acceptors (Lipinski definition) is 4. The molecule has 0 fully saturated rings. The summed E-state index contributed by atoms with van der Waals surface area (Å²) in [4.78, 5) is 15.2. The molecule has 1 spiro atoms. The highest BCUT2D eigenvalue weighted by Crippen LogP contribution is 2.63. The Morgan fingerprint density at radius 3 is 2.04 bits per heavy atom. The molecule has 4 nitrogen and oxygen atoms in total. The van der Waals surface area contributed by atoms with Crippen molar-refractivity contribution in [3.8, 4) is 45.4 Å². The average molecular weight is 616 g/mol. The third kappa shape index (κ3) is 3.86. The summed E-state index contributed by atoms with van der Waals surface area (Å²) in [6.45, 7) is 0. The van der Waals surface area contributed by atoms with Crippen molar-refractivity contribution in [3.63, 3.8) is 0 Å². The normalized spacial score (nSPS) is 16.9. The fourth-order valence-corrected chi connectivity index (χ4v) is 7.90. The molecule has 2 heterocycles. The fourth-order valence-electron chi connectivity index (χ4n) is 7.90. The van der Waals surface area contributed by atoms with E-state index in [0.29, 0.717) is 17.5 Å². The van der Waals surface area contributed by atoms with Gasteiger partial charge in [0.05, 0.1) is 11.0 Å². The van der Waals surface area contributed by atoms with Gasteiger partial charge in [-0.15, -0.1) is 0 Å². The van der Waals surface area contributed by atoms with Crippen LogP contribution in [0.1, 0.15) is 40.9 Å². The molecule has 1 aliphatic heterocycles. The predicted octanol–water partition coefficient (Wildman–Crippen LogP) is 10.6. The van der Waals surface area contributed by atoms with E-state index in [1.807, 2.05) is 30.3 Å². The van der Waals surface area contributed by atoms with Crippen LogP contribution >= 0.6 is 0 Å². The highest BCUT2D eigenvalue weighted by molar-refractivity contribution is 5.97. The first-order chi connectivity index (χ1) is 23.8. The lowest BCUT2D eigenvalue weighted by atomic mass is 9.65. The standard InChI is InChI=1S/C44H29N3O/c1-3-14-28(15-4-1)41-45-42(29-16-5-2-6-17-29)47-43(46-41)33-21-13-24-37-40(33)48-39-25-12-11-23-36(39)44(37)35-22-10-9-20-32(35)34-26-30-18-7-8-19-31(30)27-38(34)44/h1,3-5,7-27H,2,6H2. The van der Waals surface area contributed by atoms with Crippen molar-refractivity contribution < 1.29 is 4.74 Å². The third-order valence-electron chi connectivity index (χ3n) is 9.99. The van der Waals surface area contributed by atoms with Crippen LogP contribution in [0.25, 0.3) is 50.2 Å². The van der Waals surface area contributed by atoms with E-state index >= 15 is 0 Å². The van der Waals surface area contributed by atoms with Gasteiger partial charge in [-0.25, -0.2) is 15.0 Å². The average Bonchev–Trinajstić information content (AvgIpc) is 3.44. The highest BCUT2D eigenvalue weighted by atomic mass is 16.5. The van der Waals surface area contributed by atoms with Crippen LogP contribution in [0, 0.1) is 0 Å². The summed E-state index contributed by atoms with van der Waals surface area (Å²) < 4.78 is 6.97. The summed E-state index contributed by atoms with van der Waals surface area (Å²) in [5.41, 5.74) is 9.44. The number of para-hydroxylation sites is 2. The topological polar surface area (TPSA) is 47.9 Å². The molecule has 226 valence electrons. The number of nitrogens with zero attached hydrogens (tertiary/aromatic N) is 3. The second kappa shape index (κ2) is 10.4. The minimum atomic E-state index is -0.594. The number of ether oxygens (including phenoxy) is 1. The molecule has 3 aliphatic rings. The zero-order valence-electron chi connectivity index (χ0n) is 26.1. The van der Waals surface area contributed by atoms with E-state index in [2.05, 4.69) is 121 Å². The molecular formula is C44H29N3O. The third-order valence-corrected chi connectivity index (χ3v) is 9.99. The maximum atomic E-state index is 6.97. The monoisotopic (exact) mass is 615 g/mol. The van der Waals surface area contributed by atoms with E-state index in [1.165, 1.54) is 33.0 Å². The molecule has 10 rings (SSSR count). The summed E-state index contributed by atoms with van der Waals surface area (Å²) in [6, 6.07) is 47.3. The van der Waals surface area contributed by atoms with Crippen LogP contribution in [-0.2, 0) is 5.41 Å². The van der Waals surface area contributed by atoms with Gasteiger partial charge in [0.25, 0.3) is 0 Å². The van der Waals surface area contributed by atoms with E-state index in [9.17, 15) is 0 Å². The lowest BCUT2D eigenvalue weighted by molar-refractivity contribution is 0.438. The van der Waals surface area contributed by atoms with Gasteiger partial charge < -0.3 is 4.74 Å². The van der Waals surface area contributed by atoms with Gasteiger partial charge in [-0.2, -0.15) is 0 Å². The zero-order valence-corrected chi connectivity index (χ0v) is 26.1. The molecule has 7 aromatic rings. The van der Waals surface area contributed by atoms with Gasteiger partial charge in [0.15, 0.2) is 17.5 Å². The smallest absolute Gasteiger partial charge is 0.167 e. The van der Waals surface area contributed by atoms with Gasteiger partial charge in [-0.3, -0.25) is 0 Å². The van der Waals surface area contributed by atoms with Crippen LogP contribution in [0.4, 0.5) is 0 Å². The zero-order chi connectivity index (χ0) is 31.7.